The first-order chi connectivity index (χ1) is 16.1. The first-order valence-electron chi connectivity index (χ1n) is 10.1. The monoisotopic (exact) mass is 557 g/mol. The number of hydrogen-bond donors (Lipinski definition) is 2. The molecule has 10 heteroatoms. The van der Waals surface area contributed by atoms with Crippen molar-refractivity contribution in [2.24, 2.45) is 0 Å². The average Bonchev–Trinajstić information content (AvgIpc) is 3.22. The molecule has 174 valence electrons. The maximum Gasteiger partial charge on any atom is 0.265 e. The zero-order valence-electron chi connectivity index (χ0n) is 18.2. The van der Waals surface area contributed by atoms with E-state index in [1.54, 1.807) is 72.8 Å². The molecule has 1 aromatic heterocycles. The van der Waals surface area contributed by atoms with Gasteiger partial charge in [-0.05, 0) is 72.1 Å². The molecule has 2 amide bonds. The van der Waals surface area contributed by atoms with Crippen LogP contribution in [0.1, 0.15) is 16.6 Å². The van der Waals surface area contributed by atoms with Crippen molar-refractivity contribution in [1.82, 2.24) is 0 Å². The third kappa shape index (κ3) is 5.14. The Hall–Kier alpha value is -3.21. The van der Waals surface area contributed by atoms with E-state index in [0.717, 1.165) is 14.6 Å². The van der Waals surface area contributed by atoms with Crippen LogP contribution < -0.4 is 14.9 Å². The van der Waals surface area contributed by atoms with Crippen LogP contribution in [0.15, 0.2) is 82.2 Å². The van der Waals surface area contributed by atoms with Gasteiger partial charge in [0, 0.05) is 34.5 Å². The summed E-state index contributed by atoms with van der Waals surface area (Å²) in [4.78, 5) is 24.7. The quantitative estimate of drug-likeness (QED) is 0.318. The van der Waals surface area contributed by atoms with E-state index < -0.39 is 10.0 Å². The van der Waals surface area contributed by atoms with E-state index in [4.69, 9.17) is 0 Å². The molecule has 0 bridgehead atoms. The fourth-order valence-electron chi connectivity index (χ4n) is 3.31. The van der Waals surface area contributed by atoms with E-state index in [9.17, 15) is 18.0 Å². The van der Waals surface area contributed by atoms with Crippen LogP contribution in [-0.2, 0) is 14.8 Å². The third-order valence-electron chi connectivity index (χ3n) is 5.00. The predicted molar refractivity (Wildman–Crippen MR) is 140 cm³/mol. The van der Waals surface area contributed by atoms with Gasteiger partial charge in [0.05, 0.1) is 15.5 Å². The first kappa shape index (κ1) is 23.9. The highest BCUT2D eigenvalue weighted by atomic mass is 79.9. The molecule has 1 heterocycles. The van der Waals surface area contributed by atoms with E-state index in [1.807, 2.05) is 0 Å². The average molecular weight is 558 g/mol. The molecule has 0 aliphatic carbocycles. The number of nitrogens with zero attached hydrogens (tertiary/aromatic N) is 1. The zero-order valence-corrected chi connectivity index (χ0v) is 21.4. The van der Waals surface area contributed by atoms with Gasteiger partial charge in [0.2, 0.25) is 5.91 Å². The largest absolute Gasteiger partial charge is 0.326 e. The van der Waals surface area contributed by atoms with Crippen LogP contribution in [-0.4, -0.2) is 27.3 Å². The summed E-state index contributed by atoms with van der Waals surface area (Å²) < 4.78 is 28.9. The molecule has 7 nitrogen and oxygen atoms in total. The van der Waals surface area contributed by atoms with Crippen molar-refractivity contribution in [1.29, 1.82) is 0 Å². The molecule has 0 atom stereocenters. The van der Waals surface area contributed by atoms with Gasteiger partial charge < -0.3 is 10.6 Å². The highest BCUT2D eigenvalue weighted by molar-refractivity contribution is 9.10. The minimum absolute atomic E-state index is 0.185. The van der Waals surface area contributed by atoms with Gasteiger partial charge in [-0.25, -0.2) is 8.42 Å². The van der Waals surface area contributed by atoms with Gasteiger partial charge in [-0.3, -0.25) is 13.9 Å². The second-order valence-electron chi connectivity index (χ2n) is 7.48. The molecule has 2 N–H and O–H groups in total. The van der Waals surface area contributed by atoms with Crippen LogP contribution in [0.4, 0.5) is 17.1 Å². The van der Waals surface area contributed by atoms with Crippen LogP contribution in [0.25, 0.3) is 10.1 Å². The summed E-state index contributed by atoms with van der Waals surface area (Å²) in [5, 5.41) is 6.27. The topological polar surface area (TPSA) is 95.6 Å². The van der Waals surface area contributed by atoms with E-state index in [-0.39, 0.29) is 16.7 Å². The second kappa shape index (κ2) is 9.57. The number of benzene rings is 3. The highest BCUT2D eigenvalue weighted by Gasteiger charge is 2.22. The summed E-state index contributed by atoms with van der Waals surface area (Å²) in [6, 6.07) is 20.3. The fourth-order valence-corrected chi connectivity index (χ4v) is 5.70. The molecule has 34 heavy (non-hydrogen) atoms. The first-order valence-corrected chi connectivity index (χ1v) is 13.2. The Balaban J connectivity index is 1.57. The normalized spacial score (nSPS) is 11.3. The molecule has 0 aliphatic rings. The van der Waals surface area contributed by atoms with Crippen LogP contribution in [0.2, 0.25) is 0 Å². The molecular formula is C24H20BrN3O4S2. The van der Waals surface area contributed by atoms with Gasteiger partial charge in [0.1, 0.15) is 0 Å². The Morgan fingerprint density at radius 3 is 2.26 bits per heavy atom. The van der Waals surface area contributed by atoms with Crippen molar-refractivity contribution in [3.8, 4) is 0 Å². The lowest BCUT2D eigenvalue weighted by Gasteiger charge is -2.19. The lowest BCUT2D eigenvalue weighted by Crippen LogP contribution is -2.26. The van der Waals surface area contributed by atoms with E-state index >= 15 is 0 Å². The number of carbonyl (C=O) groups excluding carboxylic acids is 2. The Morgan fingerprint density at radius 2 is 1.59 bits per heavy atom. The molecule has 0 radical (unpaired) electrons. The van der Waals surface area contributed by atoms with Crippen molar-refractivity contribution in [2.45, 2.75) is 11.8 Å². The summed E-state index contributed by atoms with van der Waals surface area (Å²) >= 11 is 4.62. The van der Waals surface area contributed by atoms with E-state index in [2.05, 4.69) is 26.6 Å². The minimum Gasteiger partial charge on any atom is -0.326 e. The molecule has 4 aromatic rings. The van der Waals surface area contributed by atoms with Crippen LogP contribution >= 0.6 is 27.3 Å². The number of halogens is 1. The van der Waals surface area contributed by atoms with Gasteiger partial charge in [0.25, 0.3) is 15.9 Å². The SMILES string of the molecule is CC(=O)Nc1cccc(NC(=O)c2cc3cc(N(C)S(=O)(=O)c4ccc(Br)cc4)ccc3s2)c1. The molecule has 3 aromatic carbocycles. The second-order valence-corrected chi connectivity index (χ2v) is 11.4. The van der Waals surface area contributed by atoms with Crippen LogP contribution in [0.5, 0.6) is 0 Å². The summed E-state index contributed by atoms with van der Waals surface area (Å²) in [7, 11) is -2.23. The number of thiophene rings is 1. The van der Waals surface area contributed by atoms with Gasteiger partial charge in [-0.15, -0.1) is 11.3 Å². The summed E-state index contributed by atoms with van der Waals surface area (Å²) in [6.07, 6.45) is 0. The number of rotatable bonds is 6. The lowest BCUT2D eigenvalue weighted by molar-refractivity contribution is -0.114. The maximum absolute atomic E-state index is 13.0. The van der Waals surface area contributed by atoms with Crippen LogP contribution in [0.3, 0.4) is 0 Å². The van der Waals surface area contributed by atoms with Gasteiger partial charge >= 0.3 is 0 Å². The number of anilines is 3. The molecule has 0 fully saturated rings. The van der Waals surface area contributed by atoms with Gasteiger partial charge in [-0.2, -0.15) is 0 Å². The number of nitrogens with one attached hydrogen (secondary N) is 2. The van der Waals surface area contributed by atoms with Crippen molar-refractivity contribution >= 4 is 76.3 Å². The van der Waals surface area contributed by atoms with E-state index in [1.165, 1.54) is 29.6 Å². The Labute approximate surface area is 209 Å². The van der Waals surface area contributed by atoms with Crippen molar-refractivity contribution < 1.29 is 18.0 Å². The molecule has 0 unspecified atom stereocenters. The Bertz CT molecular complexity index is 1500. The summed E-state index contributed by atoms with van der Waals surface area (Å²) in [6.45, 7) is 1.41. The molecule has 0 saturated heterocycles. The maximum atomic E-state index is 13.0. The number of sulfonamides is 1. The summed E-state index contributed by atoms with van der Waals surface area (Å²) in [5.41, 5.74) is 1.62. The lowest BCUT2D eigenvalue weighted by atomic mass is 10.2. The minimum atomic E-state index is -3.73. The van der Waals surface area contributed by atoms with Crippen LogP contribution in [0, 0.1) is 0 Å². The fraction of sp³-hybridized carbons (Fsp3) is 0.0833. The standard InChI is InChI=1S/C24H20BrN3O4S2/c1-15(29)26-18-4-3-5-19(14-18)27-24(30)23-13-16-12-20(8-11-22(16)33-23)28(2)34(31,32)21-9-6-17(25)7-10-21/h3-14H,1-2H3,(H,26,29)(H,27,30). The summed E-state index contributed by atoms with van der Waals surface area (Å²) in [5.74, 6) is -0.491. The van der Waals surface area contributed by atoms with Gasteiger partial charge in [-0.1, -0.05) is 22.0 Å². The third-order valence-corrected chi connectivity index (χ3v) is 8.44. The van der Waals surface area contributed by atoms with Crippen molar-refractivity contribution in [3.05, 3.63) is 82.1 Å². The molecule has 0 saturated carbocycles. The smallest absolute Gasteiger partial charge is 0.265 e. The number of carbonyl (C=O) groups is 2. The van der Waals surface area contributed by atoms with Gasteiger partial charge in [0.15, 0.2) is 0 Å². The molecule has 0 aliphatic heterocycles. The highest BCUT2D eigenvalue weighted by Crippen LogP contribution is 2.32. The van der Waals surface area contributed by atoms with Crippen molar-refractivity contribution in [2.75, 3.05) is 22.0 Å². The number of amides is 2. The number of fused-ring (bicyclic) bond motifs is 1. The van der Waals surface area contributed by atoms with E-state index in [0.29, 0.717) is 21.9 Å². The molecule has 0 spiro atoms. The number of hydrogen-bond acceptors (Lipinski definition) is 5. The predicted octanol–water partition coefficient (Wildman–Crippen LogP) is 5.70. The van der Waals surface area contributed by atoms with Crippen molar-refractivity contribution in [3.63, 3.8) is 0 Å². The molecular weight excluding hydrogens is 538 g/mol. The zero-order chi connectivity index (χ0) is 24.5. The Kier molecular flexibility index (Phi) is 6.74. The molecule has 4 rings (SSSR count). The Morgan fingerprint density at radius 1 is 0.912 bits per heavy atom.